The molecule has 3 aromatic rings. The molecule has 0 amide bonds. The monoisotopic (exact) mass is 556 g/mol. The molecule has 0 aliphatic carbocycles. The van der Waals surface area contributed by atoms with Gasteiger partial charge in [0.25, 0.3) is 5.56 Å². The topological polar surface area (TPSA) is 88.4 Å². The molecule has 0 fully saturated rings. The van der Waals surface area contributed by atoms with E-state index >= 15 is 0 Å². The maximum absolute atomic E-state index is 14.0. The highest BCUT2D eigenvalue weighted by molar-refractivity contribution is 7.07. The first-order valence-electron chi connectivity index (χ1n) is 12.1. The van der Waals surface area contributed by atoms with Crippen molar-refractivity contribution in [3.05, 3.63) is 83.5 Å². The molecular formula is C28H29ClN2O6S. The summed E-state index contributed by atoms with van der Waals surface area (Å²) in [6.07, 6.45) is 3.03. The van der Waals surface area contributed by atoms with Crippen LogP contribution in [0.2, 0.25) is 5.02 Å². The van der Waals surface area contributed by atoms with Crippen molar-refractivity contribution in [2.45, 2.75) is 32.7 Å². The highest BCUT2D eigenvalue weighted by Crippen LogP contribution is 2.38. The van der Waals surface area contributed by atoms with Crippen LogP contribution in [0.25, 0.3) is 6.08 Å². The van der Waals surface area contributed by atoms with Gasteiger partial charge in [-0.2, -0.15) is 0 Å². The van der Waals surface area contributed by atoms with Gasteiger partial charge in [0.15, 0.2) is 4.80 Å². The average Bonchev–Trinajstić information content (AvgIpc) is 3.22. The van der Waals surface area contributed by atoms with Crippen LogP contribution in [0.5, 0.6) is 17.2 Å². The van der Waals surface area contributed by atoms with Crippen LogP contribution >= 0.6 is 22.9 Å². The fraction of sp³-hybridized carbons (Fsp3) is 0.321. The Labute approximate surface area is 229 Å². The molecule has 0 radical (unpaired) electrons. The van der Waals surface area contributed by atoms with E-state index in [4.69, 9.17) is 35.5 Å². The number of methoxy groups -OCH3 is 3. The number of halogens is 1. The Kier molecular flexibility index (Phi) is 8.58. The first-order chi connectivity index (χ1) is 18.4. The second-order valence-electron chi connectivity index (χ2n) is 8.41. The molecule has 38 heavy (non-hydrogen) atoms. The lowest BCUT2D eigenvalue weighted by Gasteiger charge is -2.27. The molecular weight excluding hydrogens is 528 g/mol. The van der Waals surface area contributed by atoms with E-state index in [0.717, 1.165) is 6.42 Å². The molecule has 0 unspecified atom stereocenters. The van der Waals surface area contributed by atoms with E-state index in [9.17, 15) is 9.59 Å². The third kappa shape index (κ3) is 5.21. The quantitative estimate of drug-likeness (QED) is 0.366. The van der Waals surface area contributed by atoms with Crippen LogP contribution in [0, 0.1) is 0 Å². The van der Waals surface area contributed by atoms with Gasteiger partial charge in [0, 0.05) is 22.2 Å². The fourth-order valence-corrected chi connectivity index (χ4v) is 5.60. The number of carbonyl (C=O) groups excluding carboxylic acids is 1. The number of hydrogen-bond acceptors (Lipinski definition) is 8. The van der Waals surface area contributed by atoms with Crippen LogP contribution in [0.4, 0.5) is 0 Å². The summed E-state index contributed by atoms with van der Waals surface area (Å²) in [5.74, 6) is 1.15. The molecule has 1 aliphatic rings. The smallest absolute Gasteiger partial charge is 0.338 e. The van der Waals surface area contributed by atoms with Gasteiger partial charge in [0.1, 0.15) is 23.3 Å². The molecule has 1 aromatic heterocycles. The lowest BCUT2D eigenvalue weighted by atomic mass is 9.93. The molecule has 0 saturated heterocycles. The highest BCUT2D eigenvalue weighted by Gasteiger charge is 2.36. The van der Waals surface area contributed by atoms with E-state index in [1.165, 1.54) is 23.0 Å². The summed E-state index contributed by atoms with van der Waals surface area (Å²) in [6, 6.07) is 9.66. The Morgan fingerprint density at radius 1 is 1.08 bits per heavy atom. The highest BCUT2D eigenvalue weighted by atomic mass is 35.5. The Hall–Kier alpha value is -3.56. The third-order valence-corrected chi connectivity index (χ3v) is 7.32. The van der Waals surface area contributed by atoms with Gasteiger partial charge >= 0.3 is 5.97 Å². The van der Waals surface area contributed by atoms with E-state index in [1.807, 2.05) is 13.0 Å². The van der Waals surface area contributed by atoms with Gasteiger partial charge in [-0.05, 0) is 49.8 Å². The average molecular weight is 557 g/mol. The van der Waals surface area contributed by atoms with Crippen LogP contribution in [-0.2, 0) is 9.53 Å². The first kappa shape index (κ1) is 27.5. The van der Waals surface area contributed by atoms with E-state index in [-0.39, 0.29) is 12.2 Å². The summed E-state index contributed by atoms with van der Waals surface area (Å²) in [5.41, 5.74) is 1.84. The number of nitrogens with zero attached hydrogens (tertiary/aromatic N) is 2. The lowest BCUT2D eigenvalue weighted by molar-refractivity contribution is -0.139. The van der Waals surface area contributed by atoms with Gasteiger partial charge in [-0.15, -0.1) is 0 Å². The summed E-state index contributed by atoms with van der Waals surface area (Å²) in [6.45, 7) is 3.93. The molecule has 10 heteroatoms. The van der Waals surface area contributed by atoms with Gasteiger partial charge in [0.05, 0.1) is 43.7 Å². The number of ether oxygens (including phenoxy) is 4. The molecule has 2 heterocycles. The van der Waals surface area contributed by atoms with Gasteiger partial charge in [0.2, 0.25) is 0 Å². The summed E-state index contributed by atoms with van der Waals surface area (Å²) in [4.78, 5) is 32.6. The van der Waals surface area contributed by atoms with Gasteiger partial charge in [-0.1, -0.05) is 36.3 Å². The molecule has 200 valence electrons. The third-order valence-electron chi connectivity index (χ3n) is 6.11. The lowest BCUT2D eigenvalue weighted by Crippen LogP contribution is -2.40. The molecule has 2 aromatic carbocycles. The number of carbonyl (C=O) groups is 1. The van der Waals surface area contributed by atoms with Crippen molar-refractivity contribution >= 4 is 35.0 Å². The second kappa shape index (κ2) is 11.9. The summed E-state index contributed by atoms with van der Waals surface area (Å²) >= 11 is 7.63. The summed E-state index contributed by atoms with van der Waals surface area (Å²) in [5, 5.41) is 0.447. The van der Waals surface area contributed by atoms with E-state index in [1.54, 1.807) is 57.6 Å². The molecule has 1 aliphatic heterocycles. The van der Waals surface area contributed by atoms with Gasteiger partial charge in [-0.25, -0.2) is 9.79 Å². The van der Waals surface area contributed by atoms with Crippen LogP contribution in [0.15, 0.2) is 57.5 Å². The Morgan fingerprint density at radius 2 is 1.84 bits per heavy atom. The zero-order valence-electron chi connectivity index (χ0n) is 21.9. The van der Waals surface area contributed by atoms with Crippen molar-refractivity contribution in [3.63, 3.8) is 0 Å². The number of esters is 1. The minimum atomic E-state index is -0.833. The summed E-state index contributed by atoms with van der Waals surface area (Å²) in [7, 11) is 4.67. The van der Waals surface area contributed by atoms with E-state index in [0.29, 0.717) is 60.4 Å². The standard InChI is InChI=1S/C28H29ClN2O6S/c1-6-8-20-24(27(33)37-7-2)25(19-14-17(29)10-12-21(19)35-4)31-26(32)23(38-28(31)30-20)13-16-9-11-18(34-3)15-22(16)36-5/h9-15,25H,6-8H2,1-5H3/b23-13+/t25-/m1/s1. The van der Waals surface area contributed by atoms with E-state index in [2.05, 4.69) is 0 Å². The molecule has 8 nitrogen and oxygen atoms in total. The number of hydrogen-bond donors (Lipinski definition) is 0. The Morgan fingerprint density at radius 3 is 2.50 bits per heavy atom. The SMILES string of the molecule is CCCC1=C(C(=O)OCC)[C@@H](c2cc(Cl)ccc2OC)n2c(s/c(=C/c3ccc(OC)cc3OC)c2=O)=N1. The maximum atomic E-state index is 14.0. The van der Waals surface area contributed by atoms with Crippen molar-refractivity contribution in [1.29, 1.82) is 0 Å². The molecule has 1 atom stereocenters. The Bertz CT molecular complexity index is 1570. The number of allylic oxidation sites excluding steroid dienone is 1. The van der Waals surface area contributed by atoms with Crippen molar-refractivity contribution in [2.24, 2.45) is 4.99 Å². The zero-order chi connectivity index (χ0) is 27.4. The van der Waals surface area contributed by atoms with Crippen LogP contribution in [0.3, 0.4) is 0 Å². The van der Waals surface area contributed by atoms with Crippen molar-refractivity contribution in [2.75, 3.05) is 27.9 Å². The number of fused-ring (bicyclic) bond motifs is 1. The minimum Gasteiger partial charge on any atom is -0.497 e. The molecule has 0 saturated carbocycles. The molecule has 0 bridgehead atoms. The van der Waals surface area contributed by atoms with Crippen molar-refractivity contribution < 1.29 is 23.7 Å². The maximum Gasteiger partial charge on any atom is 0.338 e. The zero-order valence-corrected chi connectivity index (χ0v) is 23.4. The summed E-state index contributed by atoms with van der Waals surface area (Å²) < 4.78 is 23.8. The predicted molar refractivity (Wildman–Crippen MR) is 147 cm³/mol. The first-order valence-corrected chi connectivity index (χ1v) is 13.3. The van der Waals surface area contributed by atoms with Crippen LogP contribution in [0.1, 0.15) is 43.9 Å². The van der Waals surface area contributed by atoms with Gasteiger partial charge in [-0.3, -0.25) is 9.36 Å². The van der Waals surface area contributed by atoms with Gasteiger partial charge < -0.3 is 18.9 Å². The number of thiazole rings is 1. The van der Waals surface area contributed by atoms with E-state index < -0.39 is 12.0 Å². The number of aromatic nitrogens is 1. The van der Waals surface area contributed by atoms with Crippen LogP contribution in [-0.4, -0.2) is 38.5 Å². The van der Waals surface area contributed by atoms with Crippen LogP contribution < -0.4 is 29.1 Å². The molecule has 0 spiro atoms. The predicted octanol–water partition coefficient (Wildman–Crippen LogP) is 4.26. The normalized spacial score (nSPS) is 15.1. The second-order valence-corrected chi connectivity index (χ2v) is 9.85. The number of benzene rings is 2. The Balaban J connectivity index is 2.04. The minimum absolute atomic E-state index is 0.183. The molecule has 0 N–H and O–H groups in total. The van der Waals surface area contributed by atoms with Crippen molar-refractivity contribution in [3.8, 4) is 17.2 Å². The largest absolute Gasteiger partial charge is 0.497 e. The number of rotatable bonds is 9. The fourth-order valence-electron chi connectivity index (χ4n) is 4.41. The van der Waals surface area contributed by atoms with Crippen molar-refractivity contribution in [1.82, 2.24) is 4.57 Å². The molecule has 4 rings (SSSR count).